The first kappa shape index (κ1) is 13.6. The van der Waals surface area contributed by atoms with Gasteiger partial charge in [-0.3, -0.25) is 9.89 Å². The Hall–Kier alpha value is -2.85. The van der Waals surface area contributed by atoms with E-state index in [1.54, 1.807) is 12.1 Å². The molecule has 2 aliphatic rings. The number of carbonyl (C=O) groups is 1. The predicted molar refractivity (Wildman–Crippen MR) is 94.8 cm³/mol. The Kier molecular flexibility index (Phi) is 2.73. The maximum absolute atomic E-state index is 12.3. The Morgan fingerprint density at radius 1 is 1.12 bits per heavy atom. The van der Waals surface area contributed by atoms with Crippen LogP contribution in [0.15, 0.2) is 42.5 Å². The van der Waals surface area contributed by atoms with Crippen molar-refractivity contribution in [3.05, 3.63) is 69.9 Å². The van der Waals surface area contributed by atoms with Crippen molar-refractivity contribution in [1.82, 2.24) is 10.2 Å². The third-order valence-corrected chi connectivity index (χ3v) is 4.83. The molecule has 4 nitrogen and oxygen atoms in total. The smallest absolute Gasteiger partial charge is 0.256 e. The first-order valence-corrected chi connectivity index (χ1v) is 8.07. The lowest BCUT2D eigenvalue weighted by Crippen LogP contribution is -2.03. The third-order valence-electron chi connectivity index (χ3n) is 4.59. The minimum Gasteiger partial charge on any atom is -0.321 e. The molecule has 1 aliphatic carbocycles. The molecule has 0 spiro atoms. The molecule has 2 heterocycles. The number of rotatable bonds is 1. The Morgan fingerprint density at radius 3 is 2.92 bits per heavy atom. The number of amides is 1. The van der Waals surface area contributed by atoms with Crippen LogP contribution >= 0.6 is 11.6 Å². The topological polar surface area (TPSA) is 57.8 Å². The van der Waals surface area contributed by atoms with E-state index in [-0.39, 0.29) is 5.91 Å². The van der Waals surface area contributed by atoms with E-state index in [1.807, 2.05) is 24.3 Å². The van der Waals surface area contributed by atoms with Gasteiger partial charge in [-0.2, -0.15) is 5.10 Å². The van der Waals surface area contributed by atoms with Crippen molar-refractivity contribution in [3.63, 3.8) is 0 Å². The van der Waals surface area contributed by atoms with E-state index < -0.39 is 0 Å². The first-order valence-electron chi connectivity index (χ1n) is 7.69. The van der Waals surface area contributed by atoms with Crippen molar-refractivity contribution in [3.8, 4) is 11.3 Å². The molecule has 5 rings (SSSR count). The van der Waals surface area contributed by atoms with Gasteiger partial charge in [0.05, 0.1) is 22.6 Å². The van der Waals surface area contributed by atoms with E-state index >= 15 is 0 Å². The maximum atomic E-state index is 12.3. The number of anilines is 1. The van der Waals surface area contributed by atoms with Crippen LogP contribution in [0.4, 0.5) is 5.69 Å². The number of aromatic amines is 1. The van der Waals surface area contributed by atoms with E-state index in [9.17, 15) is 4.79 Å². The third kappa shape index (κ3) is 1.87. The van der Waals surface area contributed by atoms with Gasteiger partial charge in [-0.1, -0.05) is 41.9 Å². The van der Waals surface area contributed by atoms with Gasteiger partial charge >= 0.3 is 0 Å². The van der Waals surface area contributed by atoms with Crippen LogP contribution in [0.25, 0.3) is 22.9 Å². The van der Waals surface area contributed by atoms with Gasteiger partial charge in [0.25, 0.3) is 5.91 Å². The van der Waals surface area contributed by atoms with Crippen molar-refractivity contribution in [2.75, 3.05) is 5.32 Å². The highest BCUT2D eigenvalue weighted by molar-refractivity contribution is 6.36. The van der Waals surface area contributed by atoms with Crippen molar-refractivity contribution in [1.29, 1.82) is 0 Å². The average Bonchev–Trinajstić information content (AvgIpc) is 3.21. The van der Waals surface area contributed by atoms with Gasteiger partial charge in [-0.25, -0.2) is 0 Å². The Balaban J connectivity index is 1.62. The molecule has 1 aliphatic heterocycles. The second-order valence-electron chi connectivity index (χ2n) is 6.00. The summed E-state index contributed by atoms with van der Waals surface area (Å²) >= 11 is 6.00. The van der Waals surface area contributed by atoms with E-state index in [0.29, 0.717) is 10.6 Å². The number of hydrogen-bond acceptors (Lipinski definition) is 2. The number of benzene rings is 2. The summed E-state index contributed by atoms with van der Waals surface area (Å²) in [6.07, 6.45) is 2.71. The Morgan fingerprint density at radius 2 is 2.00 bits per heavy atom. The molecule has 2 N–H and O–H groups in total. The molecule has 2 aromatic carbocycles. The summed E-state index contributed by atoms with van der Waals surface area (Å²) in [7, 11) is 0. The summed E-state index contributed by atoms with van der Waals surface area (Å²) in [5, 5.41) is 11.0. The van der Waals surface area contributed by atoms with Gasteiger partial charge in [0.1, 0.15) is 0 Å². The lowest BCUT2D eigenvalue weighted by Gasteiger charge is -1.99. The van der Waals surface area contributed by atoms with Crippen molar-refractivity contribution in [2.24, 2.45) is 0 Å². The first-order chi connectivity index (χ1) is 11.7. The molecule has 0 radical (unpaired) electrons. The highest BCUT2D eigenvalue weighted by Crippen LogP contribution is 2.39. The molecule has 1 amide bonds. The van der Waals surface area contributed by atoms with E-state index in [1.165, 1.54) is 5.56 Å². The predicted octanol–water partition coefficient (Wildman–Crippen LogP) is 4.13. The largest absolute Gasteiger partial charge is 0.321 e. The van der Waals surface area contributed by atoms with Gasteiger partial charge in [0, 0.05) is 28.1 Å². The van der Waals surface area contributed by atoms with Gasteiger partial charge in [-0.05, 0) is 23.8 Å². The molecular weight excluding hydrogens is 322 g/mol. The number of carbonyl (C=O) groups excluding carboxylic acids is 1. The summed E-state index contributed by atoms with van der Waals surface area (Å²) in [5.74, 6) is -0.119. The number of H-pyrrole nitrogens is 1. The molecular formula is C19H12ClN3O. The molecule has 1 aromatic heterocycles. The summed E-state index contributed by atoms with van der Waals surface area (Å²) in [6, 6.07) is 13.7. The van der Waals surface area contributed by atoms with Crippen LogP contribution in [-0.2, 0) is 11.2 Å². The Labute approximate surface area is 143 Å². The molecule has 0 bridgehead atoms. The van der Waals surface area contributed by atoms with Gasteiger partial charge < -0.3 is 5.32 Å². The van der Waals surface area contributed by atoms with Crippen LogP contribution in [0.1, 0.15) is 22.4 Å². The highest BCUT2D eigenvalue weighted by atomic mass is 35.5. The number of fused-ring (bicyclic) bond motifs is 4. The fourth-order valence-corrected chi connectivity index (χ4v) is 3.62. The molecule has 0 fully saturated rings. The summed E-state index contributed by atoms with van der Waals surface area (Å²) in [6.45, 7) is 0. The fraction of sp³-hybridized carbons (Fsp3) is 0.0526. The van der Waals surface area contributed by atoms with Crippen molar-refractivity contribution in [2.45, 2.75) is 6.42 Å². The zero-order valence-electron chi connectivity index (χ0n) is 12.6. The monoisotopic (exact) mass is 333 g/mol. The number of nitrogens with zero attached hydrogens (tertiary/aromatic N) is 1. The quantitative estimate of drug-likeness (QED) is 0.515. The fourth-order valence-electron chi connectivity index (χ4n) is 3.45. The molecule has 24 heavy (non-hydrogen) atoms. The van der Waals surface area contributed by atoms with E-state index in [2.05, 4.69) is 27.6 Å². The molecule has 0 atom stereocenters. The van der Waals surface area contributed by atoms with Crippen LogP contribution in [0, 0.1) is 0 Å². The summed E-state index contributed by atoms with van der Waals surface area (Å²) < 4.78 is 0. The van der Waals surface area contributed by atoms with Crippen LogP contribution in [0.5, 0.6) is 0 Å². The lowest BCUT2D eigenvalue weighted by molar-refractivity contribution is -0.110. The standard InChI is InChI=1S/C19H12ClN3O/c20-11-5-6-13-14(19(24)21-16(13)8-11)9-17-15-7-10-3-1-2-4-12(10)18(15)23-22-17/h1-6,8-9H,7H2,(H,21,24)(H,22,23)/b14-9-. The van der Waals surface area contributed by atoms with Crippen molar-refractivity contribution >= 4 is 34.8 Å². The molecule has 3 aromatic rings. The SMILES string of the molecule is O=C1Nc2cc(Cl)ccc2/C1=C/c1[nH]nc2c1Cc1ccccc1-2. The zero-order chi connectivity index (χ0) is 16.3. The zero-order valence-corrected chi connectivity index (χ0v) is 13.3. The average molecular weight is 334 g/mol. The molecule has 116 valence electrons. The van der Waals surface area contributed by atoms with Crippen molar-refractivity contribution < 1.29 is 4.79 Å². The maximum Gasteiger partial charge on any atom is 0.256 e. The van der Waals surface area contributed by atoms with Gasteiger partial charge in [0.15, 0.2) is 0 Å². The van der Waals surface area contributed by atoms with Crippen LogP contribution in [0.2, 0.25) is 5.02 Å². The Bertz CT molecular complexity index is 1050. The number of halogens is 1. The van der Waals surface area contributed by atoms with Gasteiger partial charge in [-0.15, -0.1) is 0 Å². The lowest BCUT2D eigenvalue weighted by atomic mass is 10.0. The summed E-state index contributed by atoms with van der Waals surface area (Å²) in [5.41, 5.74) is 7.67. The van der Waals surface area contributed by atoms with Crippen LogP contribution in [0.3, 0.4) is 0 Å². The van der Waals surface area contributed by atoms with Crippen LogP contribution in [-0.4, -0.2) is 16.1 Å². The molecule has 0 saturated heterocycles. The minimum absolute atomic E-state index is 0.119. The molecule has 0 saturated carbocycles. The molecule has 5 heteroatoms. The normalized spacial score (nSPS) is 16.0. The number of aromatic nitrogens is 2. The second-order valence-corrected chi connectivity index (χ2v) is 6.44. The molecule has 0 unspecified atom stereocenters. The number of hydrogen-bond donors (Lipinski definition) is 2. The summed E-state index contributed by atoms with van der Waals surface area (Å²) in [4.78, 5) is 12.3. The van der Waals surface area contributed by atoms with Gasteiger partial charge in [0.2, 0.25) is 0 Å². The van der Waals surface area contributed by atoms with E-state index in [0.717, 1.165) is 40.2 Å². The highest BCUT2D eigenvalue weighted by Gasteiger charge is 2.27. The van der Waals surface area contributed by atoms with E-state index in [4.69, 9.17) is 11.6 Å². The van der Waals surface area contributed by atoms with Crippen LogP contribution < -0.4 is 5.32 Å². The minimum atomic E-state index is -0.119. The second kappa shape index (κ2) is 4.82. The number of nitrogens with one attached hydrogen (secondary N) is 2.